The van der Waals surface area contributed by atoms with Crippen LogP contribution >= 0.6 is 0 Å². The number of phenolic OH excluding ortho intramolecular Hbond substituents is 1. The van der Waals surface area contributed by atoms with Gasteiger partial charge in [0.15, 0.2) is 0 Å². The molecule has 0 radical (unpaired) electrons. The number of carboxylic acid groups (broad SMARTS) is 1. The van der Waals surface area contributed by atoms with E-state index in [1.54, 1.807) is 0 Å². The zero-order valence-corrected chi connectivity index (χ0v) is 10.9. The third-order valence-corrected chi connectivity index (χ3v) is 3.63. The summed E-state index contributed by atoms with van der Waals surface area (Å²) in [6.45, 7) is 0. The lowest BCUT2D eigenvalue weighted by atomic mass is 9.92. The minimum absolute atomic E-state index is 0.168. The number of aromatic hydroxyl groups is 1. The quantitative estimate of drug-likeness (QED) is 0.788. The standard InChI is InChI=1S/C14H16FNO4/c15-11-7-9(17)3-4-10(11)13(20)16-14(8-12(18)19)5-1-2-6-14/h3-4,7,17H,1-2,5-6,8H2,(H,16,20)(H,18,19). The van der Waals surface area contributed by atoms with E-state index < -0.39 is 23.2 Å². The van der Waals surface area contributed by atoms with Gasteiger partial charge in [0, 0.05) is 6.07 Å². The van der Waals surface area contributed by atoms with Gasteiger partial charge in [-0.25, -0.2) is 4.39 Å². The lowest BCUT2D eigenvalue weighted by Crippen LogP contribution is -2.48. The van der Waals surface area contributed by atoms with Crippen molar-refractivity contribution in [2.75, 3.05) is 0 Å². The molecule has 2 rings (SSSR count). The SMILES string of the molecule is O=C(O)CC1(NC(=O)c2ccc(O)cc2F)CCCC1. The van der Waals surface area contributed by atoms with E-state index in [0.717, 1.165) is 18.9 Å². The molecule has 20 heavy (non-hydrogen) atoms. The lowest BCUT2D eigenvalue weighted by molar-refractivity contribution is -0.138. The molecule has 1 fully saturated rings. The van der Waals surface area contributed by atoms with E-state index in [9.17, 15) is 14.0 Å². The highest BCUT2D eigenvalue weighted by atomic mass is 19.1. The fourth-order valence-corrected chi connectivity index (χ4v) is 2.68. The molecule has 0 atom stereocenters. The zero-order chi connectivity index (χ0) is 14.8. The van der Waals surface area contributed by atoms with Crippen LogP contribution in [0.4, 0.5) is 4.39 Å². The fourth-order valence-electron chi connectivity index (χ4n) is 2.68. The molecule has 1 saturated carbocycles. The molecule has 1 aromatic rings. The molecule has 1 aliphatic carbocycles. The highest BCUT2D eigenvalue weighted by Crippen LogP contribution is 2.33. The van der Waals surface area contributed by atoms with Gasteiger partial charge in [0.2, 0.25) is 0 Å². The molecule has 0 saturated heterocycles. The van der Waals surface area contributed by atoms with Crippen molar-refractivity contribution in [1.29, 1.82) is 0 Å². The maximum absolute atomic E-state index is 13.6. The largest absolute Gasteiger partial charge is 0.508 e. The van der Waals surface area contributed by atoms with Crippen LogP contribution in [-0.4, -0.2) is 27.6 Å². The Morgan fingerprint density at radius 2 is 1.95 bits per heavy atom. The van der Waals surface area contributed by atoms with Crippen molar-refractivity contribution in [3.05, 3.63) is 29.6 Å². The van der Waals surface area contributed by atoms with Crippen LogP contribution in [0.2, 0.25) is 0 Å². The number of hydrogen-bond acceptors (Lipinski definition) is 3. The first-order chi connectivity index (χ1) is 9.42. The van der Waals surface area contributed by atoms with Crippen LogP contribution in [0.3, 0.4) is 0 Å². The summed E-state index contributed by atoms with van der Waals surface area (Å²) in [6, 6.07) is 3.26. The second kappa shape index (κ2) is 5.48. The molecule has 0 heterocycles. The van der Waals surface area contributed by atoms with Crippen molar-refractivity contribution in [2.45, 2.75) is 37.6 Å². The van der Waals surface area contributed by atoms with E-state index in [-0.39, 0.29) is 17.7 Å². The zero-order valence-electron chi connectivity index (χ0n) is 10.9. The molecular weight excluding hydrogens is 265 g/mol. The van der Waals surface area contributed by atoms with Crippen molar-refractivity contribution in [1.82, 2.24) is 5.32 Å². The highest BCUT2D eigenvalue weighted by molar-refractivity contribution is 5.95. The van der Waals surface area contributed by atoms with Crippen LogP contribution in [0, 0.1) is 5.82 Å². The third-order valence-electron chi connectivity index (χ3n) is 3.63. The number of hydrogen-bond donors (Lipinski definition) is 3. The number of carbonyl (C=O) groups excluding carboxylic acids is 1. The van der Waals surface area contributed by atoms with E-state index >= 15 is 0 Å². The number of halogens is 1. The van der Waals surface area contributed by atoms with E-state index in [0.29, 0.717) is 12.8 Å². The predicted octanol–water partition coefficient (Wildman–Crippen LogP) is 2.05. The summed E-state index contributed by atoms with van der Waals surface area (Å²) in [7, 11) is 0. The van der Waals surface area contributed by atoms with Gasteiger partial charge in [0.05, 0.1) is 17.5 Å². The molecule has 1 aromatic carbocycles. The van der Waals surface area contributed by atoms with Gasteiger partial charge in [-0.1, -0.05) is 12.8 Å². The van der Waals surface area contributed by atoms with Crippen LogP contribution in [0.25, 0.3) is 0 Å². The average Bonchev–Trinajstić information content (AvgIpc) is 2.75. The van der Waals surface area contributed by atoms with Gasteiger partial charge in [-0.3, -0.25) is 9.59 Å². The van der Waals surface area contributed by atoms with E-state index in [1.165, 1.54) is 12.1 Å². The normalized spacial score (nSPS) is 16.9. The molecule has 0 unspecified atom stereocenters. The Labute approximate surface area is 115 Å². The fraction of sp³-hybridized carbons (Fsp3) is 0.429. The number of rotatable bonds is 4. The number of phenols is 1. The predicted molar refractivity (Wildman–Crippen MR) is 69.0 cm³/mol. The van der Waals surface area contributed by atoms with Gasteiger partial charge >= 0.3 is 5.97 Å². The number of amides is 1. The molecule has 1 aliphatic rings. The topological polar surface area (TPSA) is 86.6 Å². The maximum atomic E-state index is 13.6. The first kappa shape index (κ1) is 14.3. The van der Waals surface area contributed by atoms with Crippen LogP contribution in [0.15, 0.2) is 18.2 Å². The van der Waals surface area contributed by atoms with Crippen LogP contribution in [-0.2, 0) is 4.79 Å². The molecule has 1 amide bonds. The summed E-state index contributed by atoms with van der Waals surface area (Å²) >= 11 is 0. The first-order valence-corrected chi connectivity index (χ1v) is 6.45. The first-order valence-electron chi connectivity index (χ1n) is 6.45. The molecule has 0 aliphatic heterocycles. The Morgan fingerprint density at radius 1 is 1.30 bits per heavy atom. The molecular formula is C14H16FNO4. The number of benzene rings is 1. The summed E-state index contributed by atoms with van der Waals surface area (Å²) in [5.74, 6) is -2.73. The Bertz CT molecular complexity index is 538. The second-order valence-electron chi connectivity index (χ2n) is 5.18. The monoisotopic (exact) mass is 281 g/mol. The second-order valence-corrected chi connectivity index (χ2v) is 5.18. The number of carboxylic acids is 1. The molecule has 0 aromatic heterocycles. The number of carbonyl (C=O) groups is 2. The van der Waals surface area contributed by atoms with Crippen molar-refractivity contribution in [3.8, 4) is 5.75 Å². The molecule has 6 heteroatoms. The van der Waals surface area contributed by atoms with Gasteiger partial charge in [-0.05, 0) is 25.0 Å². The van der Waals surface area contributed by atoms with E-state index in [2.05, 4.69) is 5.32 Å². The smallest absolute Gasteiger partial charge is 0.305 e. The van der Waals surface area contributed by atoms with Crippen LogP contribution in [0.1, 0.15) is 42.5 Å². The van der Waals surface area contributed by atoms with Crippen LogP contribution in [0.5, 0.6) is 5.75 Å². The van der Waals surface area contributed by atoms with Gasteiger partial charge in [-0.2, -0.15) is 0 Å². The van der Waals surface area contributed by atoms with Gasteiger partial charge in [0.1, 0.15) is 11.6 Å². The summed E-state index contributed by atoms with van der Waals surface area (Å²) in [4.78, 5) is 23.0. The lowest BCUT2D eigenvalue weighted by Gasteiger charge is -2.28. The minimum Gasteiger partial charge on any atom is -0.508 e. The van der Waals surface area contributed by atoms with Crippen LogP contribution < -0.4 is 5.32 Å². The van der Waals surface area contributed by atoms with Crippen molar-refractivity contribution >= 4 is 11.9 Å². The summed E-state index contributed by atoms with van der Waals surface area (Å²) in [5, 5.41) is 20.7. The van der Waals surface area contributed by atoms with Gasteiger partial charge < -0.3 is 15.5 Å². The number of aliphatic carboxylic acids is 1. The Morgan fingerprint density at radius 3 is 2.50 bits per heavy atom. The summed E-state index contributed by atoms with van der Waals surface area (Å²) < 4.78 is 13.6. The maximum Gasteiger partial charge on any atom is 0.305 e. The highest BCUT2D eigenvalue weighted by Gasteiger charge is 2.37. The Kier molecular flexibility index (Phi) is 3.92. The van der Waals surface area contributed by atoms with Gasteiger partial charge in [0.25, 0.3) is 5.91 Å². The van der Waals surface area contributed by atoms with Crippen molar-refractivity contribution in [2.24, 2.45) is 0 Å². The van der Waals surface area contributed by atoms with E-state index in [1.807, 2.05) is 0 Å². The molecule has 108 valence electrons. The Balaban J connectivity index is 2.18. The molecule has 0 bridgehead atoms. The van der Waals surface area contributed by atoms with Gasteiger partial charge in [-0.15, -0.1) is 0 Å². The average molecular weight is 281 g/mol. The molecule has 0 spiro atoms. The third kappa shape index (κ3) is 3.07. The Hall–Kier alpha value is -2.11. The minimum atomic E-state index is -0.988. The summed E-state index contributed by atoms with van der Waals surface area (Å²) in [5.41, 5.74) is -0.993. The summed E-state index contributed by atoms with van der Waals surface area (Å²) in [6.07, 6.45) is 2.66. The van der Waals surface area contributed by atoms with Crippen molar-refractivity contribution < 1.29 is 24.2 Å². The van der Waals surface area contributed by atoms with E-state index in [4.69, 9.17) is 10.2 Å². The van der Waals surface area contributed by atoms with Crippen molar-refractivity contribution in [3.63, 3.8) is 0 Å². The number of nitrogens with one attached hydrogen (secondary N) is 1. The molecule has 3 N–H and O–H groups in total. The molecule has 5 nitrogen and oxygen atoms in total.